The van der Waals surface area contributed by atoms with E-state index in [9.17, 15) is 0 Å². The minimum absolute atomic E-state index is 1.05. The second kappa shape index (κ2) is 13.4. The molecule has 10 aromatic rings. The van der Waals surface area contributed by atoms with Crippen LogP contribution in [0.4, 0.5) is 28.4 Å². The van der Waals surface area contributed by atoms with E-state index in [1.54, 1.807) is 0 Å². The molecule has 0 heterocycles. The van der Waals surface area contributed by atoms with Crippen LogP contribution in [0.25, 0.3) is 65.3 Å². The highest BCUT2D eigenvalue weighted by atomic mass is 15.1. The van der Waals surface area contributed by atoms with Crippen LogP contribution in [0.3, 0.4) is 0 Å². The number of fused-ring (bicyclic) bond motifs is 4. The summed E-state index contributed by atoms with van der Waals surface area (Å²) in [5.41, 5.74) is 10.3. The van der Waals surface area contributed by atoms with Crippen molar-refractivity contribution in [2.45, 2.75) is 0 Å². The van der Waals surface area contributed by atoms with E-state index in [2.05, 4.69) is 223 Å². The summed E-state index contributed by atoms with van der Waals surface area (Å²) in [5, 5.41) is 13.4. The van der Waals surface area contributed by atoms with Gasteiger partial charge in [0.25, 0.3) is 0 Å². The van der Waals surface area contributed by atoms with Gasteiger partial charge in [0, 0.05) is 28.4 Å². The fourth-order valence-electron chi connectivity index (χ4n) is 8.03. The molecule has 0 aliphatic carbocycles. The molecule has 0 saturated carbocycles. The van der Waals surface area contributed by atoms with Gasteiger partial charge in [0.1, 0.15) is 0 Å². The second-order valence-electron chi connectivity index (χ2n) is 13.9. The number of para-hydroxylation sites is 3. The van der Waals surface area contributed by atoms with Crippen LogP contribution in [-0.4, -0.2) is 0 Å². The number of nitrogens with zero attached hydrogens (tertiary/aromatic N) is 1. The maximum atomic E-state index is 3.69. The predicted octanol–water partition coefficient (Wildman–Crippen LogP) is 14.8. The molecule has 10 rings (SSSR count). The largest absolute Gasteiger partial charge is 0.356 e. The molecule has 10 aromatic carbocycles. The zero-order valence-corrected chi connectivity index (χ0v) is 29.7. The van der Waals surface area contributed by atoms with Crippen LogP contribution in [0, 0.1) is 0 Å². The van der Waals surface area contributed by atoms with Crippen LogP contribution in [0.15, 0.2) is 212 Å². The fraction of sp³-hybridized carbons (Fsp3) is 0. The third kappa shape index (κ3) is 5.71. The van der Waals surface area contributed by atoms with Crippen LogP contribution >= 0.6 is 0 Å². The minimum atomic E-state index is 1.05. The summed E-state index contributed by atoms with van der Waals surface area (Å²) >= 11 is 0. The first-order valence-electron chi connectivity index (χ1n) is 18.5. The van der Waals surface area contributed by atoms with Crippen molar-refractivity contribution in [1.82, 2.24) is 0 Å². The van der Waals surface area contributed by atoms with Gasteiger partial charge in [-0.15, -0.1) is 0 Å². The number of hydrogen-bond donors (Lipinski definition) is 1. The highest BCUT2D eigenvalue weighted by molar-refractivity contribution is 6.23. The molecule has 0 aliphatic heterocycles. The summed E-state index contributed by atoms with van der Waals surface area (Å²) in [6.45, 7) is 0. The first-order chi connectivity index (χ1) is 26.8. The molecule has 2 heteroatoms. The normalized spacial score (nSPS) is 11.3. The van der Waals surface area contributed by atoms with Gasteiger partial charge in [-0.2, -0.15) is 0 Å². The molecule has 0 aliphatic rings. The van der Waals surface area contributed by atoms with E-state index in [0.29, 0.717) is 0 Å². The third-order valence-electron chi connectivity index (χ3n) is 10.5. The molecule has 2 nitrogen and oxygen atoms in total. The Morgan fingerprint density at radius 1 is 0.278 bits per heavy atom. The van der Waals surface area contributed by atoms with Gasteiger partial charge in [-0.05, 0) is 138 Å². The molecule has 54 heavy (non-hydrogen) atoms. The summed E-state index contributed by atoms with van der Waals surface area (Å²) in [7, 11) is 0. The monoisotopic (exact) mass is 688 g/mol. The highest BCUT2D eigenvalue weighted by Crippen LogP contribution is 2.47. The Hall–Kier alpha value is -7.16. The molecule has 0 aromatic heterocycles. The molecule has 254 valence electrons. The Morgan fingerprint density at radius 3 is 1.30 bits per heavy atom. The summed E-state index contributed by atoms with van der Waals surface area (Å²) in [5.74, 6) is 0. The summed E-state index contributed by atoms with van der Waals surface area (Å²) in [6, 6.07) is 76.7. The quantitative estimate of drug-likeness (QED) is 0.168. The zero-order valence-electron chi connectivity index (χ0n) is 29.7. The molecular formula is C52H36N2. The first-order valence-corrected chi connectivity index (χ1v) is 18.5. The number of benzene rings is 10. The van der Waals surface area contributed by atoms with Gasteiger partial charge in [-0.1, -0.05) is 140 Å². The topological polar surface area (TPSA) is 15.3 Å². The SMILES string of the molecule is c1ccc(Nc2ccc3c(-c4ccc5ccccc5c4)c4cc(N(c5ccccc5)c5ccccc5)ccc4c(-c4ccc5ccccc5c4)c3c2)cc1. The lowest BCUT2D eigenvalue weighted by molar-refractivity contribution is 1.29. The van der Waals surface area contributed by atoms with Gasteiger partial charge < -0.3 is 10.2 Å². The lowest BCUT2D eigenvalue weighted by Crippen LogP contribution is -2.09. The van der Waals surface area contributed by atoms with Crippen molar-refractivity contribution in [1.29, 1.82) is 0 Å². The second-order valence-corrected chi connectivity index (χ2v) is 13.9. The fourth-order valence-corrected chi connectivity index (χ4v) is 8.03. The van der Waals surface area contributed by atoms with Gasteiger partial charge in [-0.25, -0.2) is 0 Å². The Balaban J connectivity index is 1.31. The van der Waals surface area contributed by atoms with E-state index in [0.717, 1.165) is 28.4 Å². The van der Waals surface area contributed by atoms with E-state index in [-0.39, 0.29) is 0 Å². The number of nitrogens with one attached hydrogen (secondary N) is 1. The van der Waals surface area contributed by atoms with Crippen molar-refractivity contribution in [2.75, 3.05) is 10.2 Å². The molecule has 0 amide bonds. The van der Waals surface area contributed by atoms with Gasteiger partial charge in [0.2, 0.25) is 0 Å². The Kier molecular flexibility index (Phi) is 7.85. The predicted molar refractivity (Wildman–Crippen MR) is 232 cm³/mol. The van der Waals surface area contributed by atoms with Crippen molar-refractivity contribution >= 4 is 71.5 Å². The van der Waals surface area contributed by atoms with E-state index in [1.807, 2.05) is 0 Å². The molecule has 1 N–H and O–H groups in total. The third-order valence-corrected chi connectivity index (χ3v) is 10.5. The molecule has 0 radical (unpaired) electrons. The maximum absolute atomic E-state index is 3.69. The van der Waals surface area contributed by atoms with Crippen molar-refractivity contribution in [2.24, 2.45) is 0 Å². The highest BCUT2D eigenvalue weighted by Gasteiger charge is 2.21. The van der Waals surface area contributed by atoms with E-state index in [1.165, 1.54) is 65.3 Å². The smallest absolute Gasteiger partial charge is 0.0468 e. The number of hydrogen-bond acceptors (Lipinski definition) is 2. The summed E-state index contributed by atoms with van der Waals surface area (Å²) in [4.78, 5) is 2.36. The van der Waals surface area contributed by atoms with Crippen LogP contribution < -0.4 is 10.2 Å². The summed E-state index contributed by atoms with van der Waals surface area (Å²) in [6.07, 6.45) is 0. The molecule has 0 fully saturated rings. The van der Waals surface area contributed by atoms with E-state index < -0.39 is 0 Å². The number of rotatable bonds is 7. The molecule has 0 saturated heterocycles. The lowest BCUT2D eigenvalue weighted by atomic mass is 9.84. The van der Waals surface area contributed by atoms with Crippen LogP contribution in [-0.2, 0) is 0 Å². The Labute approximate surface area is 315 Å². The van der Waals surface area contributed by atoms with Crippen LogP contribution in [0.2, 0.25) is 0 Å². The minimum Gasteiger partial charge on any atom is -0.356 e. The van der Waals surface area contributed by atoms with Gasteiger partial charge in [0.15, 0.2) is 0 Å². The van der Waals surface area contributed by atoms with Crippen molar-refractivity contribution < 1.29 is 0 Å². The summed E-state index contributed by atoms with van der Waals surface area (Å²) < 4.78 is 0. The maximum Gasteiger partial charge on any atom is 0.0468 e. The zero-order chi connectivity index (χ0) is 35.8. The Bertz CT molecular complexity index is 2910. The lowest BCUT2D eigenvalue weighted by Gasteiger charge is -2.27. The average molecular weight is 689 g/mol. The van der Waals surface area contributed by atoms with Crippen molar-refractivity contribution in [3.05, 3.63) is 212 Å². The standard InChI is InChI=1S/C52H36N2/c1-4-18-42(19-5-1)53-43-28-30-47-49(34-43)51(40-26-24-36-14-10-12-16-38(36)32-40)48-31-29-46(54(44-20-6-2-7-21-44)45-22-8-3-9-23-45)35-50(48)52(47)41-27-25-37-15-11-13-17-39(37)33-41/h1-35,53H. The van der Waals surface area contributed by atoms with Gasteiger partial charge in [0.05, 0.1) is 0 Å². The molecule has 0 bridgehead atoms. The van der Waals surface area contributed by atoms with Crippen molar-refractivity contribution in [3.63, 3.8) is 0 Å². The number of anilines is 5. The average Bonchev–Trinajstić information content (AvgIpc) is 3.24. The van der Waals surface area contributed by atoms with E-state index in [4.69, 9.17) is 0 Å². The van der Waals surface area contributed by atoms with Crippen molar-refractivity contribution in [3.8, 4) is 22.3 Å². The van der Waals surface area contributed by atoms with Crippen LogP contribution in [0.5, 0.6) is 0 Å². The molecular weight excluding hydrogens is 653 g/mol. The first kappa shape index (κ1) is 31.6. The van der Waals surface area contributed by atoms with Crippen LogP contribution in [0.1, 0.15) is 0 Å². The van der Waals surface area contributed by atoms with Gasteiger partial charge in [-0.3, -0.25) is 0 Å². The molecule has 0 unspecified atom stereocenters. The van der Waals surface area contributed by atoms with Gasteiger partial charge >= 0.3 is 0 Å². The molecule has 0 spiro atoms. The Morgan fingerprint density at radius 2 is 0.741 bits per heavy atom. The molecule has 0 atom stereocenters. The van der Waals surface area contributed by atoms with E-state index >= 15 is 0 Å².